The molecule has 0 unspecified atom stereocenters. The van der Waals surface area contributed by atoms with Gasteiger partial charge in [0.1, 0.15) is 6.04 Å². The van der Waals surface area contributed by atoms with Gasteiger partial charge in [-0.25, -0.2) is 8.42 Å². The molecule has 0 aliphatic carbocycles. The number of pyridine rings is 1. The first-order chi connectivity index (χ1) is 12.7. The summed E-state index contributed by atoms with van der Waals surface area (Å²) < 4.78 is 28.2. The van der Waals surface area contributed by atoms with Crippen molar-refractivity contribution < 1.29 is 13.2 Å². The molecule has 1 amide bonds. The minimum atomic E-state index is -3.80. The SMILES string of the molecule is Cc1ccc(S(=O)(=O)N[C@@H](CC(C)C)C(=O)NCc2cccnc2)c(C)c1. The highest BCUT2D eigenvalue weighted by Crippen LogP contribution is 2.18. The molecule has 0 bridgehead atoms. The standard InChI is InChI=1S/C20H27N3O3S/c1-14(2)10-18(20(24)22-13-17-6-5-9-21-12-17)23-27(25,26)19-8-7-15(3)11-16(19)4/h5-9,11-12,14,18,23H,10,13H2,1-4H3,(H,22,24)/t18-/m0/s1. The zero-order chi connectivity index (χ0) is 20.0. The van der Waals surface area contributed by atoms with E-state index in [-0.39, 0.29) is 16.7 Å². The topological polar surface area (TPSA) is 88.2 Å². The summed E-state index contributed by atoms with van der Waals surface area (Å²) in [6, 6.07) is 7.94. The van der Waals surface area contributed by atoms with E-state index in [9.17, 15) is 13.2 Å². The van der Waals surface area contributed by atoms with Crippen LogP contribution in [0.4, 0.5) is 0 Å². The highest BCUT2D eigenvalue weighted by atomic mass is 32.2. The summed E-state index contributed by atoms with van der Waals surface area (Å²) in [7, 11) is -3.80. The highest BCUT2D eigenvalue weighted by Gasteiger charge is 2.27. The highest BCUT2D eigenvalue weighted by molar-refractivity contribution is 7.89. The number of benzene rings is 1. The maximum absolute atomic E-state index is 12.8. The summed E-state index contributed by atoms with van der Waals surface area (Å²) in [5.74, 6) is -0.193. The summed E-state index contributed by atoms with van der Waals surface area (Å²) >= 11 is 0. The van der Waals surface area contributed by atoms with Crippen molar-refractivity contribution in [2.45, 2.75) is 51.6 Å². The molecular weight excluding hydrogens is 362 g/mol. The molecular formula is C20H27N3O3S. The lowest BCUT2D eigenvalue weighted by molar-refractivity contribution is -0.123. The van der Waals surface area contributed by atoms with Crippen molar-refractivity contribution in [1.29, 1.82) is 0 Å². The van der Waals surface area contributed by atoms with E-state index in [0.29, 0.717) is 18.5 Å². The van der Waals surface area contributed by atoms with Crippen LogP contribution in [-0.4, -0.2) is 25.4 Å². The second-order valence-electron chi connectivity index (χ2n) is 7.15. The molecule has 146 valence electrons. The van der Waals surface area contributed by atoms with Crippen LogP contribution in [0.2, 0.25) is 0 Å². The lowest BCUT2D eigenvalue weighted by Gasteiger charge is -2.21. The van der Waals surface area contributed by atoms with E-state index in [2.05, 4.69) is 15.0 Å². The third-order valence-electron chi connectivity index (χ3n) is 4.13. The number of hydrogen-bond acceptors (Lipinski definition) is 4. The molecule has 27 heavy (non-hydrogen) atoms. The molecule has 1 aromatic carbocycles. The Balaban J connectivity index is 2.16. The molecule has 0 saturated heterocycles. The molecule has 0 aliphatic rings. The average molecular weight is 390 g/mol. The summed E-state index contributed by atoms with van der Waals surface area (Å²) in [6.07, 6.45) is 3.73. The Morgan fingerprint density at radius 1 is 1.19 bits per heavy atom. The van der Waals surface area contributed by atoms with Crippen LogP contribution in [0.5, 0.6) is 0 Å². The van der Waals surface area contributed by atoms with E-state index >= 15 is 0 Å². The van der Waals surface area contributed by atoms with E-state index in [0.717, 1.165) is 11.1 Å². The normalized spacial score (nSPS) is 12.8. The van der Waals surface area contributed by atoms with Crippen LogP contribution in [0, 0.1) is 19.8 Å². The van der Waals surface area contributed by atoms with Gasteiger partial charge in [0.15, 0.2) is 0 Å². The number of rotatable bonds is 8. The van der Waals surface area contributed by atoms with Crippen LogP contribution >= 0.6 is 0 Å². The summed E-state index contributed by atoms with van der Waals surface area (Å²) in [4.78, 5) is 16.8. The number of sulfonamides is 1. The molecule has 2 N–H and O–H groups in total. The van der Waals surface area contributed by atoms with Crippen molar-refractivity contribution in [3.8, 4) is 0 Å². The van der Waals surface area contributed by atoms with Gasteiger partial charge in [0.05, 0.1) is 4.90 Å². The number of carbonyl (C=O) groups is 1. The summed E-state index contributed by atoms with van der Waals surface area (Å²) in [5, 5.41) is 2.80. The average Bonchev–Trinajstić information content (AvgIpc) is 2.59. The van der Waals surface area contributed by atoms with Gasteiger partial charge < -0.3 is 5.32 Å². The molecule has 0 saturated carbocycles. The Labute approximate surface area is 161 Å². The van der Waals surface area contributed by atoms with Gasteiger partial charge in [0.25, 0.3) is 0 Å². The third kappa shape index (κ3) is 6.15. The zero-order valence-electron chi connectivity index (χ0n) is 16.2. The van der Waals surface area contributed by atoms with Crippen LogP contribution in [-0.2, 0) is 21.4 Å². The van der Waals surface area contributed by atoms with Crippen molar-refractivity contribution in [1.82, 2.24) is 15.0 Å². The predicted octanol–water partition coefficient (Wildman–Crippen LogP) is 2.71. The fourth-order valence-corrected chi connectivity index (χ4v) is 4.28. The number of aryl methyl sites for hydroxylation is 2. The fourth-order valence-electron chi connectivity index (χ4n) is 2.85. The molecule has 0 fully saturated rings. The summed E-state index contributed by atoms with van der Waals surface area (Å²) in [6.45, 7) is 7.86. The fraction of sp³-hybridized carbons (Fsp3) is 0.400. The molecule has 2 aromatic rings. The first-order valence-corrected chi connectivity index (χ1v) is 10.4. The Kier molecular flexibility index (Phi) is 7.10. The van der Waals surface area contributed by atoms with Crippen LogP contribution in [0.3, 0.4) is 0 Å². The molecule has 0 spiro atoms. The van der Waals surface area contributed by atoms with Gasteiger partial charge in [-0.15, -0.1) is 0 Å². The Morgan fingerprint density at radius 3 is 2.52 bits per heavy atom. The number of amides is 1. The van der Waals surface area contributed by atoms with Crippen LogP contribution in [0.1, 0.15) is 37.0 Å². The quantitative estimate of drug-likeness (QED) is 0.727. The van der Waals surface area contributed by atoms with Gasteiger partial charge in [-0.3, -0.25) is 9.78 Å². The molecule has 1 heterocycles. The maximum atomic E-state index is 12.8. The van der Waals surface area contributed by atoms with Crippen LogP contribution in [0.15, 0.2) is 47.6 Å². The Morgan fingerprint density at radius 2 is 1.93 bits per heavy atom. The van der Waals surface area contributed by atoms with Crippen LogP contribution < -0.4 is 10.0 Å². The Hall–Kier alpha value is -2.25. The minimum absolute atomic E-state index is 0.154. The van der Waals surface area contributed by atoms with Crippen molar-refractivity contribution in [3.63, 3.8) is 0 Å². The van der Waals surface area contributed by atoms with Crippen molar-refractivity contribution in [3.05, 3.63) is 59.4 Å². The van der Waals surface area contributed by atoms with E-state index < -0.39 is 16.1 Å². The first kappa shape index (κ1) is 21.1. The van der Waals surface area contributed by atoms with E-state index in [1.54, 1.807) is 37.5 Å². The molecule has 2 rings (SSSR count). The zero-order valence-corrected chi connectivity index (χ0v) is 17.0. The van der Waals surface area contributed by atoms with E-state index in [4.69, 9.17) is 0 Å². The predicted molar refractivity (Wildman–Crippen MR) is 106 cm³/mol. The monoisotopic (exact) mass is 389 g/mol. The van der Waals surface area contributed by atoms with Gasteiger partial charge in [-0.2, -0.15) is 4.72 Å². The van der Waals surface area contributed by atoms with Gasteiger partial charge in [0, 0.05) is 18.9 Å². The minimum Gasteiger partial charge on any atom is -0.351 e. The lowest BCUT2D eigenvalue weighted by Crippen LogP contribution is -2.47. The smallest absolute Gasteiger partial charge is 0.241 e. The molecule has 1 atom stereocenters. The van der Waals surface area contributed by atoms with Gasteiger partial charge in [-0.05, 0) is 49.4 Å². The third-order valence-corrected chi connectivity index (χ3v) is 5.76. The number of nitrogens with one attached hydrogen (secondary N) is 2. The number of carbonyl (C=O) groups excluding carboxylic acids is 1. The van der Waals surface area contributed by atoms with E-state index in [1.165, 1.54) is 0 Å². The number of nitrogens with zero attached hydrogens (tertiary/aromatic N) is 1. The molecule has 6 nitrogen and oxygen atoms in total. The second-order valence-corrected chi connectivity index (χ2v) is 8.83. The van der Waals surface area contributed by atoms with Crippen molar-refractivity contribution in [2.24, 2.45) is 5.92 Å². The molecule has 0 radical (unpaired) electrons. The van der Waals surface area contributed by atoms with Crippen LogP contribution in [0.25, 0.3) is 0 Å². The van der Waals surface area contributed by atoms with E-state index in [1.807, 2.05) is 32.9 Å². The largest absolute Gasteiger partial charge is 0.351 e. The van der Waals surface area contributed by atoms with Crippen molar-refractivity contribution in [2.75, 3.05) is 0 Å². The van der Waals surface area contributed by atoms with Gasteiger partial charge in [0.2, 0.25) is 15.9 Å². The van der Waals surface area contributed by atoms with Gasteiger partial charge >= 0.3 is 0 Å². The number of aromatic nitrogens is 1. The van der Waals surface area contributed by atoms with Crippen molar-refractivity contribution >= 4 is 15.9 Å². The molecule has 0 aliphatic heterocycles. The first-order valence-electron chi connectivity index (χ1n) is 8.95. The number of hydrogen-bond donors (Lipinski definition) is 2. The molecule has 1 aromatic heterocycles. The van der Waals surface area contributed by atoms with Gasteiger partial charge in [-0.1, -0.05) is 37.6 Å². The molecule has 7 heteroatoms. The summed E-state index contributed by atoms with van der Waals surface area (Å²) in [5.41, 5.74) is 2.49. The Bertz CT molecular complexity index is 881. The lowest BCUT2D eigenvalue weighted by atomic mass is 10.0. The second kappa shape index (κ2) is 9.10. The maximum Gasteiger partial charge on any atom is 0.241 e.